The van der Waals surface area contributed by atoms with Crippen LogP contribution < -0.4 is 10.5 Å². The molecule has 0 heterocycles. The minimum absolute atomic E-state index is 0.197. The molecule has 4 nitrogen and oxygen atoms in total. The van der Waals surface area contributed by atoms with Crippen molar-refractivity contribution in [2.45, 2.75) is 20.8 Å². The zero-order chi connectivity index (χ0) is 17.4. The average molecular weight is 305 g/mol. The van der Waals surface area contributed by atoms with Gasteiger partial charge >= 0.3 is 0 Å². The zero-order valence-electron chi connectivity index (χ0n) is 13.9. The van der Waals surface area contributed by atoms with E-state index in [1.54, 1.807) is 12.1 Å². The highest BCUT2D eigenvalue weighted by Crippen LogP contribution is 2.25. The predicted molar refractivity (Wildman–Crippen MR) is 92.4 cm³/mol. The second-order valence-corrected chi connectivity index (χ2v) is 4.24. The van der Waals surface area contributed by atoms with Gasteiger partial charge in [-0.3, -0.25) is 0 Å². The first-order valence-electron chi connectivity index (χ1n) is 6.89. The Balaban J connectivity index is 0. The molecule has 3 N–H and O–H groups in total. The van der Waals surface area contributed by atoms with E-state index in [-0.39, 0.29) is 5.75 Å². The lowest BCUT2D eigenvalue weighted by Gasteiger charge is -2.01. The molecule has 0 aromatic heterocycles. The zero-order valence-corrected chi connectivity index (χ0v) is 13.9. The highest BCUT2D eigenvalue weighted by atomic mass is 16.5. The number of phenolic OH excluding ortho intramolecular Hbond substituents is 1. The van der Waals surface area contributed by atoms with E-state index in [1.165, 1.54) is 12.7 Å². The summed E-state index contributed by atoms with van der Waals surface area (Å²) in [6.07, 6.45) is 0. The van der Waals surface area contributed by atoms with E-state index < -0.39 is 0 Å². The fourth-order valence-electron chi connectivity index (χ4n) is 1.33. The summed E-state index contributed by atoms with van der Waals surface area (Å²) in [5, 5.41) is 9.17. The van der Waals surface area contributed by atoms with Crippen molar-refractivity contribution in [3.8, 4) is 11.5 Å². The second-order valence-electron chi connectivity index (χ2n) is 4.24. The monoisotopic (exact) mass is 305 g/mol. The second kappa shape index (κ2) is 15.1. The number of benzene rings is 2. The molecule has 2 aromatic rings. The van der Waals surface area contributed by atoms with E-state index in [1.807, 2.05) is 44.9 Å². The standard InChI is InChI=1S/C8H10O2.C7H8.C2H7N.CH2O/c1-6-3-4-8(10-2)7(9)5-6;1-7-5-3-2-4-6-7;1-2-3;1-2/h3-5,9H,1-2H3;2-6H,1H3;2-3H2,1H3;1H2. The molecule has 0 aliphatic heterocycles. The fourth-order valence-corrected chi connectivity index (χ4v) is 1.33. The van der Waals surface area contributed by atoms with Crippen LogP contribution in [0.25, 0.3) is 0 Å². The molecule has 0 spiro atoms. The number of nitrogens with two attached hydrogens (primary N) is 1. The highest BCUT2D eigenvalue weighted by Gasteiger charge is 1.97. The van der Waals surface area contributed by atoms with Gasteiger partial charge in [-0.15, -0.1) is 0 Å². The molecule has 0 bridgehead atoms. The normalized spacial score (nSPS) is 8.05. The van der Waals surface area contributed by atoms with Crippen molar-refractivity contribution in [3.63, 3.8) is 0 Å². The molecule has 122 valence electrons. The summed E-state index contributed by atoms with van der Waals surface area (Å²) < 4.78 is 4.85. The summed E-state index contributed by atoms with van der Waals surface area (Å²) in [7, 11) is 1.53. The lowest BCUT2D eigenvalue weighted by molar-refractivity contribution is -0.0979. The van der Waals surface area contributed by atoms with Gasteiger partial charge in [0.05, 0.1) is 7.11 Å². The van der Waals surface area contributed by atoms with Crippen LogP contribution in [-0.4, -0.2) is 25.6 Å². The largest absolute Gasteiger partial charge is 0.504 e. The Kier molecular flexibility index (Phi) is 15.0. The number of aryl methyl sites for hydroxylation is 2. The minimum atomic E-state index is 0.197. The van der Waals surface area contributed by atoms with Crippen LogP contribution in [0.5, 0.6) is 11.5 Å². The minimum Gasteiger partial charge on any atom is -0.504 e. The molecule has 0 saturated heterocycles. The van der Waals surface area contributed by atoms with Crippen molar-refractivity contribution in [1.82, 2.24) is 0 Å². The van der Waals surface area contributed by atoms with E-state index in [2.05, 4.69) is 19.1 Å². The lowest BCUT2D eigenvalue weighted by atomic mass is 10.2. The van der Waals surface area contributed by atoms with Gasteiger partial charge in [-0.1, -0.05) is 48.9 Å². The van der Waals surface area contributed by atoms with Gasteiger partial charge in [-0.25, -0.2) is 0 Å². The molecule has 0 amide bonds. The number of methoxy groups -OCH3 is 1. The molecule has 0 aliphatic carbocycles. The third-order valence-electron chi connectivity index (χ3n) is 2.27. The maximum Gasteiger partial charge on any atom is 0.160 e. The summed E-state index contributed by atoms with van der Waals surface area (Å²) in [6.45, 7) is 8.65. The van der Waals surface area contributed by atoms with Crippen molar-refractivity contribution in [2.75, 3.05) is 13.7 Å². The first kappa shape index (κ1) is 22.0. The Morgan fingerprint density at radius 2 is 1.55 bits per heavy atom. The summed E-state index contributed by atoms with van der Waals surface area (Å²) in [4.78, 5) is 8.00. The first-order valence-corrected chi connectivity index (χ1v) is 6.89. The molecule has 0 atom stereocenters. The van der Waals surface area contributed by atoms with Gasteiger partial charge in [0.15, 0.2) is 11.5 Å². The van der Waals surface area contributed by atoms with Gasteiger partial charge in [-0.2, -0.15) is 0 Å². The Hall–Kier alpha value is -2.33. The topological polar surface area (TPSA) is 72.6 Å². The SMILES string of the molecule is C=O.CCN.COc1ccc(C)cc1O.Cc1ccccc1. The van der Waals surface area contributed by atoms with Crippen LogP contribution in [0.3, 0.4) is 0 Å². The van der Waals surface area contributed by atoms with E-state index in [4.69, 9.17) is 20.4 Å². The number of hydrogen-bond donors (Lipinski definition) is 2. The van der Waals surface area contributed by atoms with Crippen LogP contribution >= 0.6 is 0 Å². The van der Waals surface area contributed by atoms with Gasteiger partial charge < -0.3 is 20.4 Å². The van der Waals surface area contributed by atoms with Crippen LogP contribution in [-0.2, 0) is 4.79 Å². The number of rotatable bonds is 1. The highest BCUT2D eigenvalue weighted by molar-refractivity contribution is 5.41. The molecule has 0 unspecified atom stereocenters. The quantitative estimate of drug-likeness (QED) is 0.846. The Bertz CT molecular complexity index is 487. The van der Waals surface area contributed by atoms with Crippen LogP contribution in [0.15, 0.2) is 48.5 Å². The number of ether oxygens (including phenoxy) is 1. The van der Waals surface area contributed by atoms with Crippen LogP contribution in [0, 0.1) is 13.8 Å². The number of aromatic hydroxyl groups is 1. The summed E-state index contributed by atoms with van der Waals surface area (Å²) >= 11 is 0. The van der Waals surface area contributed by atoms with Crippen LogP contribution in [0.2, 0.25) is 0 Å². The molecule has 2 rings (SSSR count). The molecule has 2 aromatic carbocycles. The fraction of sp³-hybridized carbons (Fsp3) is 0.278. The van der Waals surface area contributed by atoms with Gasteiger partial charge in [0.1, 0.15) is 6.79 Å². The van der Waals surface area contributed by atoms with Crippen molar-refractivity contribution < 1.29 is 14.6 Å². The molecular formula is C18H27NO3. The van der Waals surface area contributed by atoms with Crippen LogP contribution in [0.1, 0.15) is 18.1 Å². The van der Waals surface area contributed by atoms with E-state index in [0.717, 1.165) is 12.1 Å². The third kappa shape index (κ3) is 11.5. The maximum atomic E-state index is 9.17. The van der Waals surface area contributed by atoms with Crippen LogP contribution in [0.4, 0.5) is 0 Å². The third-order valence-corrected chi connectivity index (χ3v) is 2.27. The summed E-state index contributed by atoms with van der Waals surface area (Å²) in [5.41, 5.74) is 7.20. The number of carbonyl (C=O) groups excluding carboxylic acids is 1. The number of carbonyl (C=O) groups is 1. The molecule has 22 heavy (non-hydrogen) atoms. The van der Waals surface area contributed by atoms with Crippen molar-refractivity contribution in [1.29, 1.82) is 0 Å². The van der Waals surface area contributed by atoms with E-state index in [9.17, 15) is 0 Å². The van der Waals surface area contributed by atoms with Crippen molar-refractivity contribution in [2.24, 2.45) is 5.73 Å². The number of phenols is 1. The average Bonchev–Trinajstić information content (AvgIpc) is 2.52. The summed E-state index contributed by atoms with van der Waals surface area (Å²) in [5.74, 6) is 0.716. The molecular weight excluding hydrogens is 278 g/mol. The first-order chi connectivity index (χ1) is 10.5. The van der Waals surface area contributed by atoms with Crippen molar-refractivity contribution >= 4 is 6.79 Å². The summed E-state index contributed by atoms with van der Waals surface area (Å²) in [6, 6.07) is 15.6. The Morgan fingerprint density at radius 1 is 1.05 bits per heavy atom. The Morgan fingerprint density at radius 3 is 1.86 bits per heavy atom. The number of hydrogen-bond acceptors (Lipinski definition) is 4. The van der Waals surface area contributed by atoms with Crippen molar-refractivity contribution in [3.05, 3.63) is 59.7 Å². The molecule has 4 heteroatoms. The van der Waals surface area contributed by atoms with E-state index >= 15 is 0 Å². The molecule has 0 fully saturated rings. The Labute approximate surface area is 133 Å². The molecule has 0 aliphatic rings. The maximum absolute atomic E-state index is 9.17. The van der Waals surface area contributed by atoms with Gasteiger partial charge in [0.2, 0.25) is 0 Å². The van der Waals surface area contributed by atoms with E-state index in [0.29, 0.717) is 5.75 Å². The van der Waals surface area contributed by atoms with Gasteiger partial charge in [0.25, 0.3) is 0 Å². The van der Waals surface area contributed by atoms with Gasteiger partial charge in [-0.05, 0) is 38.1 Å². The smallest absolute Gasteiger partial charge is 0.160 e. The molecule has 0 radical (unpaired) electrons. The van der Waals surface area contributed by atoms with Gasteiger partial charge in [0, 0.05) is 0 Å². The predicted octanol–water partition coefficient (Wildman–Crippen LogP) is 3.48. The molecule has 0 saturated carbocycles. The lowest BCUT2D eigenvalue weighted by Crippen LogP contribution is -1.87.